The number of carbonyl (C=O) groups is 1. The van der Waals surface area contributed by atoms with Gasteiger partial charge in [0.2, 0.25) is 0 Å². The van der Waals surface area contributed by atoms with Crippen LogP contribution < -0.4 is 9.47 Å². The Morgan fingerprint density at radius 2 is 2.04 bits per heavy atom. The Morgan fingerprint density at radius 3 is 2.79 bits per heavy atom. The first-order chi connectivity index (χ1) is 11.6. The fourth-order valence-corrected chi connectivity index (χ4v) is 2.77. The Labute approximate surface area is 141 Å². The molecule has 0 fully saturated rings. The van der Waals surface area contributed by atoms with Gasteiger partial charge in [0.1, 0.15) is 18.9 Å². The van der Waals surface area contributed by atoms with Crippen molar-refractivity contribution in [2.45, 2.75) is 32.7 Å². The molecule has 0 spiro atoms. The third-order valence-electron chi connectivity index (χ3n) is 4.32. The van der Waals surface area contributed by atoms with Gasteiger partial charge >= 0.3 is 0 Å². The van der Waals surface area contributed by atoms with Gasteiger partial charge < -0.3 is 14.4 Å². The van der Waals surface area contributed by atoms with E-state index in [2.05, 4.69) is 17.1 Å². The normalized spacial score (nSPS) is 14.3. The molecular formula is C18H23N3O3. The Hall–Kier alpha value is -2.50. The van der Waals surface area contributed by atoms with E-state index in [1.807, 2.05) is 31.2 Å². The summed E-state index contributed by atoms with van der Waals surface area (Å²) < 4.78 is 11.2. The van der Waals surface area contributed by atoms with E-state index in [0.717, 1.165) is 35.6 Å². The molecule has 0 unspecified atom stereocenters. The number of ether oxygens (including phenoxy) is 2. The zero-order valence-electron chi connectivity index (χ0n) is 14.3. The molecule has 6 heteroatoms. The van der Waals surface area contributed by atoms with E-state index in [4.69, 9.17) is 9.47 Å². The molecule has 1 aromatic heterocycles. The van der Waals surface area contributed by atoms with E-state index in [1.54, 1.807) is 11.9 Å². The number of rotatable bonds is 5. The molecule has 128 valence electrons. The van der Waals surface area contributed by atoms with Crippen molar-refractivity contribution in [1.82, 2.24) is 15.1 Å². The van der Waals surface area contributed by atoms with E-state index < -0.39 is 0 Å². The molecule has 2 aromatic rings. The molecule has 1 N–H and O–H groups in total. The quantitative estimate of drug-likeness (QED) is 0.916. The van der Waals surface area contributed by atoms with Crippen LogP contribution in [0.1, 0.15) is 48.1 Å². The number of aryl methyl sites for hydroxylation is 1. The fourth-order valence-electron chi connectivity index (χ4n) is 2.77. The summed E-state index contributed by atoms with van der Waals surface area (Å²) >= 11 is 0. The number of aromatic nitrogens is 2. The molecule has 0 saturated carbocycles. The fraction of sp³-hybridized carbons (Fsp3) is 0.444. The first-order valence-electron chi connectivity index (χ1n) is 8.31. The van der Waals surface area contributed by atoms with E-state index >= 15 is 0 Å². The lowest BCUT2D eigenvalue weighted by atomic mass is 10.1. The molecule has 3 rings (SSSR count). The maximum atomic E-state index is 12.7. The van der Waals surface area contributed by atoms with Gasteiger partial charge in [-0.2, -0.15) is 5.10 Å². The van der Waals surface area contributed by atoms with Crippen LogP contribution in [-0.4, -0.2) is 41.3 Å². The lowest BCUT2D eigenvalue weighted by Gasteiger charge is -2.26. The average molecular weight is 329 g/mol. The average Bonchev–Trinajstić information content (AvgIpc) is 3.08. The zero-order chi connectivity index (χ0) is 17.1. The highest BCUT2D eigenvalue weighted by Gasteiger charge is 2.23. The van der Waals surface area contributed by atoms with Crippen molar-refractivity contribution in [3.63, 3.8) is 0 Å². The molecule has 0 bridgehead atoms. The van der Waals surface area contributed by atoms with Gasteiger partial charge in [-0.3, -0.25) is 9.89 Å². The van der Waals surface area contributed by atoms with Crippen molar-refractivity contribution in [2.24, 2.45) is 0 Å². The van der Waals surface area contributed by atoms with Crippen LogP contribution in [0.2, 0.25) is 0 Å². The van der Waals surface area contributed by atoms with E-state index in [1.165, 1.54) is 0 Å². The molecule has 2 heterocycles. The second-order valence-corrected chi connectivity index (χ2v) is 6.02. The van der Waals surface area contributed by atoms with Crippen molar-refractivity contribution in [3.05, 3.63) is 41.2 Å². The Bertz CT molecular complexity index is 726. The summed E-state index contributed by atoms with van der Waals surface area (Å²) in [5.74, 6) is 1.38. The summed E-state index contributed by atoms with van der Waals surface area (Å²) in [6, 6.07) is 7.54. The highest BCUT2D eigenvalue weighted by Crippen LogP contribution is 2.34. The molecule has 1 atom stereocenters. The van der Waals surface area contributed by atoms with Gasteiger partial charge in [-0.15, -0.1) is 0 Å². The largest absolute Gasteiger partial charge is 0.486 e. The minimum Gasteiger partial charge on any atom is -0.486 e. The highest BCUT2D eigenvalue weighted by atomic mass is 16.6. The Balaban J connectivity index is 1.75. The molecular weight excluding hydrogens is 306 g/mol. The highest BCUT2D eigenvalue weighted by molar-refractivity contribution is 5.92. The summed E-state index contributed by atoms with van der Waals surface area (Å²) in [7, 11) is 1.79. The number of fused-ring (bicyclic) bond motifs is 1. The van der Waals surface area contributed by atoms with Crippen LogP contribution in [-0.2, 0) is 6.42 Å². The van der Waals surface area contributed by atoms with Crippen molar-refractivity contribution in [1.29, 1.82) is 0 Å². The topological polar surface area (TPSA) is 67.5 Å². The lowest BCUT2D eigenvalue weighted by molar-refractivity contribution is 0.0736. The Morgan fingerprint density at radius 1 is 1.29 bits per heavy atom. The van der Waals surface area contributed by atoms with Crippen LogP contribution in [0, 0.1) is 0 Å². The maximum Gasteiger partial charge on any atom is 0.274 e. The van der Waals surface area contributed by atoms with Gasteiger partial charge in [-0.25, -0.2) is 0 Å². The van der Waals surface area contributed by atoms with Crippen LogP contribution in [0.25, 0.3) is 0 Å². The minimum absolute atomic E-state index is 0.0975. The standard InChI is InChI=1S/C18H23N3O3/c1-4-5-14-11-15(20-19-14)18(22)21(3)12(2)13-6-7-16-17(10-13)24-9-8-23-16/h6-7,10-12H,4-5,8-9H2,1-3H3,(H,19,20)/t12-/m0/s1. The number of aromatic amines is 1. The predicted octanol–water partition coefficient (Wildman–Crippen LogP) is 2.97. The summed E-state index contributed by atoms with van der Waals surface area (Å²) in [5, 5.41) is 7.07. The van der Waals surface area contributed by atoms with Gasteiger partial charge in [0.25, 0.3) is 5.91 Å². The van der Waals surface area contributed by atoms with Crippen molar-refractivity contribution in [2.75, 3.05) is 20.3 Å². The van der Waals surface area contributed by atoms with E-state index in [9.17, 15) is 4.79 Å². The van der Waals surface area contributed by atoms with Gasteiger partial charge in [0.05, 0.1) is 6.04 Å². The molecule has 6 nitrogen and oxygen atoms in total. The van der Waals surface area contributed by atoms with E-state index in [0.29, 0.717) is 18.9 Å². The van der Waals surface area contributed by atoms with Gasteiger partial charge in [-0.05, 0) is 37.1 Å². The molecule has 0 radical (unpaired) electrons. The number of benzene rings is 1. The smallest absolute Gasteiger partial charge is 0.274 e. The minimum atomic E-state index is -0.101. The van der Waals surface area contributed by atoms with Gasteiger partial charge in [-0.1, -0.05) is 19.4 Å². The van der Waals surface area contributed by atoms with E-state index in [-0.39, 0.29) is 11.9 Å². The summed E-state index contributed by atoms with van der Waals surface area (Å²) in [6.45, 7) is 5.20. The van der Waals surface area contributed by atoms with Crippen LogP contribution in [0.15, 0.2) is 24.3 Å². The number of nitrogens with zero attached hydrogens (tertiary/aromatic N) is 2. The second kappa shape index (κ2) is 6.95. The number of hydrogen-bond donors (Lipinski definition) is 1. The molecule has 24 heavy (non-hydrogen) atoms. The number of amides is 1. The van der Waals surface area contributed by atoms with Gasteiger partial charge in [0.15, 0.2) is 11.5 Å². The van der Waals surface area contributed by atoms with Crippen LogP contribution >= 0.6 is 0 Å². The first kappa shape index (κ1) is 16.4. The third kappa shape index (κ3) is 3.22. The lowest BCUT2D eigenvalue weighted by Crippen LogP contribution is -2.30. The third-order valence-corrected chi connectivity index (χ3v) is 4.32. The van der Waals surface area contributed by atoms with Crippen LogP contribution in [0.4, 0.5) is 0 Å². The zero-order valence-corrected chi connectivity index (χ0v) is 14.3. The molecule has 1 amide bonds. The predicted molar refractivity (Wildman–Crippen MR) is 90.5 cm³/mol. The SMILES string of the molecule is CCCc1cc(C(=O)N(C)[C@@H](C)c2ccc3c(c2)OCCO3)n[nH]1. The monoisotopic (exact) mass is 329 g/mol. The number of H-pyrrole nitrogens is 1. The Kier molecular flexibility index (Phi) is 4.74. The maximum absolute atomic E-state index is 12.7. The molecule has 0 saturated heterocycles. The summed E-state index contributed by atoms with van der Waals surface area (Å²) in [6.07, 6.45) is 1.90. The van der Waals surface area contributed by atoms with Crippen molar-refractivity contribution >= 4 is 5.91 Å². The summed E-state index contributed by atoms with van der Waals surface area (Å²) in [5.41, 5.74) is 2.44. The van der Waals surface area contributed by atoms with Crippen LogP contribution in [0.3, 0.4) is 0 Å². The van der Waals surface area contributed by atoms with Gasteiger partial charge in [0, 0.05) is 12.7 Å². The number of nitrogens with one attached hydrogen (secondary N) is 1. The molecule has 0 aliphatic carbocycles. The number of carbonyl (C=O) groups excluding carboxylic acids is 1. The first-order valence-corrected chi connectivity index (χ1v) is 8.31. The molecule has 1 aliphatic rings. The molecule has 1 aliphatic heterocycles. The summed E-state index contributed by atoms with van der Waals surface area (Å²) in [4.78, 5) is 14.3. The van der Waals surface area contributed by atoms with Crippen LogP contribution in [0.5, 0.6) is 11.5 Å². The number of hydrogen-bond acceptors (Lipinski definition) is 4. The second-order valence-electron chi connectivity index (χ2n) is 6.02. The van der Waals surface area contributed by atoms with Crippen molar-refractivity contribution < 1.29 is 14.3 Å². The molecule has 1 aromatic carbocycles. The van der Waals surface area contributed by atoms with Crippen molar-refractivity contribution in [3.8, 4) is 11.5 Å².